The average molecular weight is 450 g/mol. The fourth-order valence-corrected chi connectivity index (χ4v) is 3.79. The number of methoxy groups -OCH3 is 1. The molecular weight excluding hydrogens is 420 g/mol. The third-order valence-corrected chi connectivity index (χ3v) is 5.58. The quantitative estimate of drug-likeness (QED) is 0.375. The Balaban J connectivity index is 1.52. The van der Waals surface area contributed by atoms with Crippen molar-refractivity contribution in [2.45, 2.75) is 32.4 Å². The molecule has 3 heterocycles. The molecule has 33 heavy (non-hydrogen) atoms. The largest absolute Gasteiger partial charge is 0.492 e. The number of rotatable bonds is 8. The Morgan fingerprint density at radius 2 is 2.09 bits per heavy atom. The summed E-state index contributed by atoms with van der Waals surface area (Å²) in [4.78, 5) is 17.1. The molecule has 3 aromatic heterocycles. The second-order valence-corrected chi connectivity index (χ2v) is 7.78. The van der Waals surface area contributed by atoms with Crippen molar-refractivity contribution in [3.8, 4) is 5.75 Å². The fourth-order valence-electron chi connectivity index (χ4n) is 3.79. The minimum absolute atomic E-state index is 0.0614. The lowest BCUT2D eigenvalue weighted by Gasteiger charge is -2.16. The van der Waals surface area contributed by atoms with Crippen LogP contribution in [0.5, 0.6) is 5.75 Å². The molecule has 170 valence electrons. The molecule has 1 aromatic carbocycles. The molecule has 0 radical (unpaired) electrons. The summed E-state index contributed by atoms with van der Waals surface area (Å²) in [5.41, 5.74) is 1.79. The number of amides is 1. The molecule has 0 aliphatic heterocycles. The Hall–Kier alpha value is -4.08. The number of hydrogen-bond donors (Lipinski definition) is 3. The minimum atomic E-state index is -2.65. The molecule has 0 saturated heterocycles. The Morgan fingerprint density at radius 1 is 1.21 bits per heavy atom. The predicted molar refractivity (Wildman–Crippen MR) is 127 cm³/mol. The van der Waals surface area contributed by atoms with Gasteiger partial charge in [0.25, 0.3) is 5.91 Å². The predicted octanol–water partition coefficient (Wildman–Crippen LogP) is 3.84. The summed E-state index contributed by atoms with van der Waals surface area (Å²) in [6, 6.07) is 7.64. The summed E-state index contributed by atoms with van der Waals surface area (Å²) in [7, 11) is 1.56. The molecule has 10 heteroatoms. The molecule has 10 nitrogen and oxygen atoms in total. The number of aryl methyl sites for hydroxylation is 1. The number of carbonyl (C=O) groups excluding carboxylic acids is 1. The van der Waals surface area contributed by atoms with Crippen molar-refractivity contribution in [1.29, 1.82) is 0 Å². The van der Waals surface area contributed by atoms with Gasteiger partial charge in [-0.25, -0.2) is 4.98 Å². The zero-order valence-electron chi connectivity index (χ0n) is 21.3. The van der Waals surface area contributed by atoms with E-state index in [9.17, 15) is 4.79 Å². The average Bonchev–Trinajstić information content (AvgIpc) is 3.43. The van der Waals surface area contributed by atoms with Crippen molar-refractivity contribution in [2.24, 2.45) is 0 Å². The van der Waals surface area contributed by atoms with E-state index in [0.717, 1.165) is 23.7 Å². The Bertz CT molecular complexity index is 1420. The van der Waals surface area contributed by atoms with Gasteiger partial charge < -0.3 is 20.7 Å². The first-order chi connectivity index (χ1) is 17.3. The zero-order chi connectivity index (χ0) is 25.4. The molecule has 0 bridgehead atoms. The van der Waals surface area contributed by atoms with Crippen molar-refractivity contribution in [3.63, 3.8) is 0 Å². The van der Waals surface area contributed by atoms with Gasteiger partial charge in [0.15, 0.2) is 11.6 Å². The molecule has 0 unspecified atom stereocenters. The van der Waals surface area contributed by atoms with Gasteiger partial charge in [-0.3, -0.25) is 14.2 Å². The van der Waals surface area contributed by atoms with E-state index in [0.29, 0.717) is 41.3 Å². The number of pyridine rings is 1. The van der Waals surface area contributed by atoms with Crippen LogP contribution in [0, 0.1) is 0 Å². The second kappa shape index (κ2) is 8.45. The van der Waals surface area contributed by atoms with Crippen LogP contribution in [0.25, 0.3) is 10.9 Å². The summed E-state index contributed by atoms with van der Waals surface area (Å²) in [5, 5.41) is 18.2. The molecule has 4 aromatic rings. The number of ether oxygens (including phenoxy) is 1. The van der Waals surface area contributed by atoms with Gasteiger partial charge in [0.05, 0.1) is 36.3 Å². The molecule has 5 rings (SSSR count). The van der Waals surface area contributed by atoms with Crippen LogP contribution in [0.2, 0.25) is 0 Å². The normalized spacial score (nSPS) is 14.9. The zero-order valence-corrected chi connectivity index (χ0v) is 18.3. The molecule has 0 spiro atoms. The molecule has 3 N–H and O–H groups in total. The summed E-state index contributed by atoms with van der Waals surface area (Å²) >= 11 is 0. The van der Waals surface area contributed by atoms with E-state index in [1.54, 1.807) is 19.4 Å². The highest BCUT2D eigenvalue weighted by atomic mass is 16.5. The molecule has 1 fully saturated rings. The molecule has 1 saturated carbocycles. The number of carbonyl (C=O) groups is 1. The minimum Gasteiger partial charge on any atom is -0.492 e. The van der Waals surface area contributed by atoms with E-state index in [4.69, 9.17) is 8.85 Å². The van der Waals surface area contributed by atoms with E-state index in [-0.39, 0.29) is 5.56 Å². The van der Waals surface area contributed by atoms with Crippen LogP contribution in [0.4, 0.5) is 23.0 Å². The van der Waals surface area contributed by atoms with Crippen LogP contribution in [0.3, 0.4) is 0 Å². The highest BCUT2D eigenvalue weighted by Gasteiger charge is 2.24. The number of nitrogens with one attached hydrogen (secondary N) is 3. The van der Waals surface area contributed by atoms with E-state index in [1.165, 1.54) is 6.20 Å². The lowest BCUT2D eigenvalue weighted by molar-refractivity contribution is 0.0963. The van der Waals surface area contributed by atoms with Crippen molar-refractivity contribution >= 4 is 39.8 Å². The van der Waals surface area contributed by atoms with Crippen LogP contribution in [-0.2, 0) is 6.54 Å². The van der Waals surface area contributed by atoms with Crippen molar-refractivity contribution < 1.29 is 13.6 Å². The molecule has 0 atom stereocenters. The topological polar surface area (TPSA) is 111 Å². The highest BCUT2D eigenvalue weighted by Crippen LogP contribution is 2.37. The number of hydrogen-bond acceptors (Lipinski definition) is 7. The summed E-state index contributed by atoms with van der Waals surface area (Å²) in [5.74, 6) is 0.810. The Kier molecular flexibility index (Phi) is 4.48. The number of nitrogens with zero attached hydrogens (tertiary/aromatic N) is 5. The first-order valence-corrected chi connectivity index (χ1v) is 10.7. The number of benzene rings is 1. The summed E-state index contributed by atoms with van der Waals surface area (Å²) < 4.78 is 31.7. The van der Waals surface area contributed by atoms with E-state index < -0.39 is 12.9 Å². The lowest BCUT2D eigenvalue weighted by Crippen LogP contribution is -2.19. The van der Waals surface area contributed by atoms with Crippen LogP contribution in [-0.4, -0.2) is 44.5 Å². The third kappa shape index (κ3) is 3.95. The lowest BCUT2D eigenvalue weighted by atomic mass is 10.1. The van der Waals surface area contributed by atoms with Gasteiger partial charge in [-0.1, -0.05) is 0 Å². The third-order valence-electron chi connectivity index (χ3n) is 5.58. The van der Waals surface area contributed by atoms with Crippen LogP contribution in [0.1, 0.15) is 40.3 Å². The van der Waals surface area contributed by atoms with E-state index >= 15 is 0 Å². The maximum Gasteiger partial charge on any atom is 0.254 e. The number of fused-ring (bicyclic) bond motifs is 1. The monoisotopic (exact) mass is 449 g/mol. The summed E-state index contributed by atoms with van der Waals surface area (Å²) in [6.45, 7) is -0.0217. The first-order valence-electron chi connectivity index (χ1n) is 12.2. The second-order valence-electron chi connectivity index (χ2n) is 7.78. The van der Waals surface area contributed by atoms with E-state index in [2.05, 4.69) is 25.8 Å². The van der Waals surface area contributed by atoms with Crippen molar-refractivity contribution in [3.05, 3.63) is 48.4 Å². The number of anilines is 4. The Morgan fingerprint density at radius 3 is 2.85 bits per heavy atom. The Labute approximate surface area is 195 Å². The fraction of sp³-hybridized carbons (Fsp3) is 0.304. The maximum atomic E-state index is 12.8. The van der Waals surface area contributed by atoms with Gasteiger partial charge in [0.2, 0.25) is 0 Å². The van der Waals surface area contributed by atoms with Gasteiger partial charge in [0.1, 0.15) is 11.3 Å². The molecule has 1 aliphatic carbocycles. The van der Waals surface area contributed by atoms with Crippen LogP contribution in [0.15, 0.2) is 42.9 Å². The summed E-state index contributed by atoms with van der Waals surface area (Å²) in [6.07, 6.45) is 7.22. The van der Waals surface area contributed by atoms with E-state index in [1.807, 2.05) is 46.0 Å². The SMILES string of the molecule is [2H]C([2H])([2H])NC(=O)c1cnc(Nc2ccn(C3CC3)n2)cc1Nc1ccc2cnn(CC)c2c1OC. The van der Waals surface area contributed by atoms with Crippen molar-refractivity contribution in [2.75, 3.05) is 24.7 Å². The van der Waals surface area contributed by atoms with Crippen LogP contribution >= 0.6 is 0 Å². The van der Waals surface area contributed by atoms with Gasteiger partial charge in [0, 0.05) is 47.5 Å². The number of aromatic nitrogens is 5. The van der Waals surface area contributed by atoms with Crippen LogP contribution < -0.4 is 20.7 Å². The molecular formula is C23H26N8O2. The smallest absolute Gasteiger partial charge is 0.254 e. The maximum absolute atomic E-state index is 12.8. The van der Waals surface area contributed by atoms with Gasteiger partial charge in [-0.15, -0.1) is 0 Å². The van der Waals surface area contributed by atoms with Gasteiger partial charge in [-0.2, -0.15) is 10.2 Å². The highest BCUT2D eigenvalue weighted by molar-refractivity contribution is 6.01. The van der Waals surface area contributed by atoms with Crippen molar-refractivity contribution in [1.82, 2.24) is 29.9 Å². The standard InChI is InChI=1S/C23H26N8O2/c1-4-30-21-14(12-26-30)5-8-17(22(21)33-3)27-18-11-20(25-13-16(18)23(32)24-2)28-19-9-10-31(29-19)15-6-7-15/h5,8-13,15H,4,6-7H2,1-3H3,(H,24,32)(H2,25,27,28,29)/i2D3. The van der Waals surface area contributed by atoms with Gasteiger partial charge in [-0.05, 0) is 31.9 Å². The molecule has 1 amide bonds. The first kappa shape index (κ1) is 17.5. The van der Waals surface area contributed by atoms with Gasteiger partial charge >= 0.3 is 0 Å². The molecule has 1 aliphatic rings.